The summed E-state index contributed by atoms with van der Waals surface area (Å²) in [6, 6.07) is 6.61. The largest absolute Gasteiger partial charge is 0.494 e. The van der Waals surface area contributed by atoms with Crippen LogP contribution in [0.2, 0.25) is 5.02 Å². The lowest BCUT2D eigenvalue weighted by atomic mass is 10.0. The van der Waals surface area contributed by atoms with Crippen molar-refractivity contribution in [1.82, 2.24) is 14.9 Å². The Labute approximate surface area is 169 Å². The average Bonchev–Trinajstić information content (AvgIpc) is 3.00. The maximum Gasteiger partial charge on any atom is 0.327 e. The molecule has 148 valence electrons. The fourth-order valence-electron chi connectivity index (χ4n) is 3.20. The van der Waals surface area contributed by atoms with E-state index in [4.69, 9.17) is 16.3 Å². The summed E-state index contributed by atoms with van der Waals surface area (Å²) in [5.74, 6) is 0.953. The number of urea groups is 1. The van der Waals surface area contributed by atoms with Gasteiger partial charge in [0.2, 0.25) is 5.95 Å². The highest BCUT2D eigenvalue weighted by molar-refractivity contribution is 6.30. The van der Waals surface area contributed by atoms with Crippen molar-refractivity contribution in [1.29, 1.82) is 0 Å². The van der Waals surface area contributed by atoms with Gasteiger partial charge in [-0.1, -0.05) is 37.6 Å². The van der Waals surface area contributed by atoms with Gasteiger partial charge in [-0.15, -0.1) is 0 Å². The minimum absolute atomic E-state index is 0.0126. The third-order valence-electron chi connectivity index (χ3n) is 4.65. The summed E-state index contributed by atoms with van der Waals surface area (Å²) in [6.07, 6.45) is 2.91. The molecule has 1 aliphatic rings. The molecule has 2 aromatic rings. The number of hydrogen-bond donors (Lipinski definition) is 0. The molecule has 1 atom stereocenters. The first-order valence-electron chi connectivity index (χ1n) is 9.22. The fourth-order valence-corrected chi connectivity index (χ4v) is 3.30. The average molecular weight is 403 g/mol. The second-order valence-electron chi connectivity index (χ2n) is 6.92. The molecule has 3 rings (SSSR count). The first kappa shape index (κ1) is 20.1. The van der Waals surface area contributed by atoms with E-state index in [2.05, 4.69) is 9.97 Å². The molecule has 0 unspecified atom stereocenters. The third kappa shape index (κ3) is 4.25. The zero-order valence-electron chi connectivity index (χ0n) is 16.1. The molecule has 2 heterocycles. The van der Waals surface area contributed by atoms with E-state index in [0.29, 0.717) is 29.5 Å². The highest BCUT2D eigenvalue weighted by Crippen LogP contribution is 2.26. The summed E-state index contributed by atoms with van der Waals surface area (Å²) in [5, 5.41) is 0.400. The Kier molecular flexibility index (Phi) is 6.14. The number of Topliss-reactive ketones (excluding diaryl/α,β-unsaturated/α-hetero) is 1. The Morgan fingerprint density at radius 2 is 2.04 bits per heavy atom. The van der Waals surface area contributed by atoms with E-state index in [9.17, 15) is 9.59 Å². The molecule has 8 heteroatoms. The molecular weight excluding hydrogens is 380 g/mol. The minimum Gasteiger partial charge on any atom is -0.494 e. The number of ether oxygens (including phenoxy) is 1. The Morgan fingerprint density at radius 3 is 2.68 bits per heavy atom. The first-order valence-corrected chi connectivity index (χ1v) is 9.60. The zero-order chi connectivity index (χ0) is 20.3. The Morgan fingerprint density at radius 1 is 1.32 bits per heavy atom. The SMILES string of the molecule is CCOc1cccc(C(=O)CN2C(=O)N(c3ncc(Cl)cn3)C[C@@H]2C(C)C)c1. The van der Waals surface area contributed by atoms with Crippen molar-refractivity contribution in [2.75, 3.05) is 24.6 Å². The maximum atomic E-state index is 13.0. The van der Waals surface area contributed by atoms with Crippen LogP contribution >= 0.6 is 11.6 Å². The number of halogens is 1. The summed E-state index contributed by atoms with van der Waals surface area (Å²) in [7, 11) is 0. The van der Waals surface area contributed by atoms with Gasteiger partial charge in [-0.05, 0) is 25.0 Å². The predicted octanol–water partition coefficient (Wildman–Crippen LogP) is 3.68. The number of hydrogen-bond acceptors (Lipinski definition) is 5. The van der Waals surface area contributed by atoms with Crippen molar-refractivity contribution in [3.05, 3.63) is 47.2 Å². The number of carbonyl (C=O) groups is 2. The number of rotatable bonds is 7. The van der Waals surface area contributed by atoms with Gasteiger partial charge in [-0.3, -0.25) is 9.69 Å². The third-order valence-corrected chi connectivity index (χ3v) is 4.84. The molecular formula is C20H23ClN4O3. The number of carbonyl (C=O) groups excluding carboxylic acids is 2. The lowest BCUT2D eigenvalue weighted by Crippen LogP contribution is -2.41. The van der Waals surface area contributed by atoms with Crippen LogP contribution in [0, 0.1) is 5.92 Å². The quantitative estimate of drug-likeness (QED) is 0.660. The molecule has 1 saturated heterocycles. The lowest BCUT2D eigenvalue weighted by molar-refractivity contribution is 0.0925. The van der Waals surface area contributed by atoms with E-state index < -0.39 is 0 Å². The number of anilines is 1. The van der Waals surface area contributed by atoms with Crippen molar-refractivity contribution in [2.45, 2.75) is 26.8 Å². The van der Waals surface area contributed by atoms with Crippen LogP contribution in [0.1, 0.15) is 31.1 Å². The molecule has 1 aliphatic heterocycles. The van der Waals surface area contributed by atoms with Crippen molar-refractivity contribution < 1.29 is 14.3 Å². The van der Waals surface area contributed by atoms with Gasteiger partial charge in [0.25, 0.3) is 0 Å². The van der Waals surface area contributed by atoms with Crippen LogP contribution in [0.4, 0.5) is 10.7 Å². The summed E-state index contributed by atoms with van der Waals surface area (Å²) >= 11 is 5.84. The van der Waals surface area contributed by atoms with E-state index in [1.807, 2.05) is 20.8 Å². The minimum atomic E-state index is -0.282. The van der Waals surface area contributed by atoms with Gasteiger partial charge in [-0.2, -0.15) is 0 Å². The molecule has 0 radical (unpaired) electrons. The second kappa shape index (κ2) is 8.56. The van der Waals surface area contributed by atoms with E-state index in [-0.39, 0.29) is 36.3 Å². The Balaban J connectivity index is 1.80. The number of amides is 2. The number of ketones is 1. The van der Waals surface area contributed by atoms with E-state index in [1.165, 1.54) is 17.3 Å². The van der Waals surface area contributed by atoms with Gasteiger partial charge in [0.15, 0.2) is 5.78 Å². The van der Waals surface area contributed by atoms with Crippen LogP contribution in [0.5, 0.6) is 5.75 Å². The lowest BCUT2D eigenvalue weighted by Gasteiger charge is -2.25. The molecule has 28 heavy (non-hydrogen) atoms. The van der Waals surface area contributed by atoms with E-state index >= 15 is 0 Å². The van der Waals surface area contributed by atoms with Crippen LogP contribution in [-0.2, 0) is 0 Å². The molecule has 0 bridgehead atoms. The van der Waals surface area contributed by atoms with E-state index in [0.717, 1.165) is 0 Å². The standard InChI is InChI=1S/C20H23ClN4O3/c1-4-28-16-7-5-6-14(8-16)18(26)12-24-17(13(2)3)11-25(20(24)27)19-22-9-15(21)10-23-19/h5-10,13,17H,4,11-12H2,1-3H3/t17-/m1/s1. The van der Waals surface area contributed by atoms with Crippen molar-refractivity contribution in [3.8, 4) is 5.75 Å². The van der Waals surface area contributed by atoms with Gasteiger partial charge >= 0.3 is 6.03 Å². The van der Waals surface area contributed by atoms with Gasteiger partial charge < -0.3 is 9.64 Å². The van der Waals surface area contributed by atoms with Gasteiger partial charge in [0, 0.05) is 5.56 Å². The highest BCUT2D eigenvalue weighted by atomic mass is 35.5. The molecule has 0 aliphatic carbocycles. The van der Waals surface area contributed by atoms with Crippen LogP contribution in [0.25, 0.3) is 0 Å². The molecule has 0 N–H and O–H groups in total. The molecule has 1 aromatic heterocycles. The number of benzene rings is 1. The van der Waals surface area contributed by atoms with Crippen molar-refractivity contribution in [2.24, 2.45) is 5.92 Å². The summed E-state index contributed by atoms with van der Waals surface area (Å²) in [6.45, 7) is 6.87. The van der Waals surface area contributed by atoms with Crippen LogP contribution < -0.4 is 9.64 Å². The zero-order valence-corrected chi connectivity index (χ0v) is 16.9. The van der Waals surface area contributed by atoms with E-state index in [1.54, 1.807) is 29.2 Å². The monoisotopic (exact) mass is 402 g/mol. The summed E-state index contributed by atoms with van der Waals surface area (Å²) < 4.78 is 5.46. The summed E-state index contributed by atoms with van der Waals surface area (Å²) in [5.41, 5.74) is 0.516. The van der Waals surface area contributed by atoms with Crippen LogP contribution in [-0.4, -0.2) is 52.4 Å². The Hall–Kier alpha value is -2.67. The second-order valence-corrected chi connectivity index (χ2v) is 7.35. The highest BCUT2D eigenvalue weighted by Gasteiger charge is 2.41. The normalized spacial score (nSPS) is 16.8. The van der Waals surface area contributed by atoms with Crippen molar-refractivity contribution >= 4 is 29.4 Å². The predicted molar refractivity (Wildman–Crippen MR) is 107 cm³/mol. The van der Waals surface area contributed by atoms with Crippen molar-refractivity contribution in [3.63, 3.8) is 0 Å². The maximum absolute atomic E-state index is 13.0. The molecule has 1 fully saturated rings. The topological polar surface area (TPSA) is 75.6 Å². The number of nitrogens with zero attached hydrogens (tertiary/aromatic N) is 4. The Bertz CT molecular complexity index is 857. The van der Waals surface area contributed by atoms with Crippen LogP contribution in [0.3, 0.4) is 0 Å². The first-order chi connectivity index (χ1) is 13.4. The summed E-state index contributed by atoms with van der Waals surface area (Å²) in [4.78, 5) is 37.2. The van der Waals surface area contributed by atoms with Gasteiger partial charge in [-0.25, -0.2) is 14.8 Å². The molecule has 1 aromatic carbocycles. The molecule has 0 spiro atoms. The molecule has 7 nitrogen and oxygen atoms in total. The molecule has 2 amide bonds. The van der Waals surface area contributed by atoms with Gasteiger partial charge in [0.05, 0.1) is 43.2 Å². The fraction of sp³-hybridized carbons (Fsp3) is 0.400. The smallest absolute Gasteiger partial charge is 0.327 e. The molecule has 0 saturated carbocycles. The number of aromatic nitrogens is 2. The van der Waals surface area contributed by atoms with Crippen LogP contribution in [0.15, 0.2) is 36.7 Å². The van der Waals surface area contributed by atoms with Gasteiger partial charge in [0.1, 0.15) is 5.75 Å².